The Bertz CT molecular complexity index is 3250. The summed E-state index contributed by atoms with van der Waals surface area (Å²) in [5, 5.41) is 9.37. The maximum atomic E-state index is 15.0. The van der Waals surface area contributed by atoms with Crippen LogP contribution in [0.1, 0.15) is 83.0 Å². The van der Waals surface area contributed by atoms with E-state index < -0.39 is 104 Å². The van der Waals surface area contributed by atoms with Gasteiger partial charge in [0.05, 0.1) is 151 Å². The summed E-state index contributed by atoms with van der Waals surface area (Å²) in [6, 6.07) is 74.7. The number of carbonyl (C=O) groups is 6. The van der Waals surface area contributed by atoms with Crippen molar-refractivity contribution in [3.63, 3.8) is 0 Å². The molecular formula is C87H102N4O19. The quantitative estimate of drug-likeness (QED) is 0.0299. The van der Waals surface area contributed by atoms with Gasteiger partial charge in [0, 0.05) is 38.1 Å². The summed E-state index contributed by atoms with van der Waals surface area (Å²) < 4.78 is 76.4. The summed E-state index contributed by atoms with van der Waals surface area (Å²) in [5.74, 6) is -4.38. The predicted octanol–water partition coefficient (Wildman–Crippen LogP) is 10.9. The molecule has 23 nitrogen and oxygen atoms in total. The maximum absolute atomic E-state index is 15.0. The van der Waals surface area contributed by atoms with Crippen molar-refractivity contribution in [2.75, 3.05) is 79.3 Å². The molecule has 0 saturated carbocycles. The molecule has 8 aromatic rings. The van der Waals surface area contributed by atoms with Crippen LogP contribution in [-0.2, 0) is 143 Å². The zero-order chi connectivity index (χ0) is 76.7. The summed E-state index contributed by atoms with van der Waals surface area (Å²) in [4.78, 5) is 87.1. The van der Waals surface area contributed by atoms with Crippen molar-refractivity contribution in [2.24, 2.45) is 0 Å². The summed E-state index contributed by atoms with van der Waals surface area (Å²) in [5.41, 5.74) is 7.64. The van der Waals surface area contributed by atoms with Gasteiger partial charge >= 0.3 is 5.97 Å². The first kappa shape index (κ1) is 84.3. The molecule has 0 unspecified atom stereocenters. The molecular weight excluding hydrogens is 1400 g/mol. The van der Waals surface area contributed by atoms with E-state index in [2.05, 4.69) is 16.0 Å². The molecule has 5 amide bonds. The second kappa shape index (κ2) is 50.2. The van der Waals surface area contributed by atoms with Crippen LogP contribution in [0.5, 0.6) is 0 Å². The van der Waals surface area contributed by atoms with Crippen LogP contribution >= 0.6 is 0 Å². The van der Waals surface area contributed by atoms with E-state index in [1.54, 1.807) is 0 Å². The number of nitrogens with one attached hydrogen (secondary N) is 3. The van der Waals surface area contributed by atoms with Crippen LogP contribution in [0.15, 0.2) is 243 Å². The number of nitrogens with zero attached hydrogens (tertiary/aromatic N) is 1. The van der Waals surface area contributed by atoms with Crippen molar-refractivity contribution in [1.29, 1.82) is 0 Å². The lowest BCUT2D eigenvalue weighted by atomic mass is 10.1. The number of imide groups is 1. The zero-order valence-electron chi connectivity index (χ0n) is 62.2. The lowest BCUT2D eigenvalue weighted by Crippen LogP contribution is -2.49. The van der Waals surface area contributed by atoms with E-state index in [-0.39, 0.29) is 92.1 Å². The molecule has 584 valence electrons. The number of amides is 5. The molecule has 1 heterocycles. The largest absolute Gasteiger partial charge is 0.374 e. The summed E-state index contributed by atoms with van der Waals surface area (Å²) in [7, 11) is 0. The van der Waals surface area contributed by atoms with Crippen molar-refractivity contribution < 1.29 is 90.4 Å². The highest BCUT2D eigenvalue weighted by atomic mass is 16.7. The number of rotatable bonds is 55. The van der Waals surface area contributed by atoms with Crippen LogP contribution in [-0.4, -0.2) is 162 Å². The summed E-state index contributed by atoms with van der Waals surface area (Å²) in [6.07, 6.45) is -4.89. The van der Waals surface area contributed by atoms with Crippen LogP contribution < -0.4 is 16.0 Å². The van der Waals surface area contributed by atoms with Crippen LogP contribution in [0.3, 0.4) is 0 Å². The monoisotopic (exact) mass is 1510 g/mol. The first-order valence-electron chi connectivity index (χ1n) is 37.3. The Kier molecular flexibility index (Phi) is 38.5. The SMILES string of the molecule is O=C(CC(CC(=O)NC(COC(COCc1ccccc1)COCc1ccccc1)COC(COCc1ccccc1)COCc1ccccc1)NC(=O)CCC(=O)ON1C(=O)CCC1=O)NC(COC(COCc1ccccc1)COCc1ccccc1)COC(COCc1ccccc1)COCc1ccccc1. The van der Waals surface area contributed by atoms with Gasteiger partial charge in [-0.05, 0) is 44.5 Å². The molecule has 8 aromatic carbocycles. The highest BCUT2D eigenvalue weighted by molar-refractivity contribution is 6.01. The molecule has 0 aliphatic carbocycles. The van der Waals surface area contributed by atoms with Gasteiger partial charge in [0.1, 0.15) is 24.4 Å². The van der Waals surface area contributed by atoms with E-state index in [0.29, 0.717) is 57.9 Å². The van der Waals surface area contributed by atoms with Crippen LogP contribution in [0.25, 0.3) is 0 Å². The number of benzene rings is 8. The molecule has 0 radical (unpaired) electrons. The highest BCUT2D eigenvalue weighted by Gasteiger charge is 2.33. The first-order valence-corrected chi connectivity index (χ1v) is 37.3. The van der Waals surface area contributed by atoms with Crippen molar-refractivity contribution >= 4 is 35.5 Å². The second-order valence-corrected chi connectivity index (χ2v) is 26.6. The Hall–Kier alpha value is -9.70. The van der Waals surface area contributed by atoms with Crippen molar-refractivity contribution in [1.82, 2.24) is 21.0 Å². The fourth-order valence-electron chi connectivity index (χ4n) is 11.4. The van der Waals surface area contributed by atoms with E-state index in [4.69, 9.17) is 61.7 Å². The average molecular weight is 1510 g/mol. The molecule has 9 rings (SSSR count). The zero-order valence-corrected chi connectivity index (χ0v) is 62.2. The molecule has 0 aromatic heterocycles. The van der Waals surface area contributed by atoms with Gasteiger partial charge in [-0.15, -0.1) is 5.06 Å². The Morgan fingerprint density at radius 2 is 0.482 bits per heavy atom. The Morgan fingerprint density at radius 3 is 0.700 bits per heavy atom. The minimum absolute atomic E-state index is 0.114. The molecule has 1 aliphatic heterocycles. The van der Waals surface area contributed by atoms with Crippen molar-refractivity contribution in [3.8, 4) is 0 Å². The number of carbonyl (C=O) groups excluding carboxylic acids is 6. The van der Waals surface area contributed by atoms with E-state index in [9.17, 15) is 19.2 Å². The standard InChI is InChI=1S/C87H102N4O19/c92-82(41-44-87(97)110-91-85(95)42-43-86(91)96)88-75(45-83(93)89-76(55-106-78(59-98-47-67-25-9-1-10-26-67)60-99-48-68-27-11-2-12-28-68)56-107-79(61-100-49-69-29-13-3-14-30-69)62-101-50-70-31-15-4-16-32-70)46-84(94)90-77(57-108-80(63-102-51-71-33-17-5-18-34-71)64-103-52-72-35-19-6-20-36-72)58-109-81(65-104-53-73-37-21-7-22-38-73)66-105-54-74-39-23-8-24-40-74/h1-40,75-81H,41-66H2,(H,88,92)(H,89,93)(H,90,94). The van der Waals surface area contributed by atoms with Gasteiger partial charge in [-0.2, -0.15) is 0 Å². The number of hydrogen-bond acceptors (Lipinski definition) is 19. The topological polar surface area (TPSA) is 262 Å². The molecule has 110 heavy (non-hydrogen) atoms. The molecule has 1 fully saturated rings. The Morgan fingerprint density at radius 1 is 0.273 bits per heavy atom. The van der Waals surface area contributed by atoms with Crippen molar-refractivity contribution in [2.45, 2.75) is 134 Å². The summed E-state index contributed by atoms with van der Waals surface area (Å²) >= 11 is 0. The fraction of sp³-hybridized carbons (Fsp3) is 0.379. The normalized spacial score (nSPS) is 12.3. The van der Waals surface area contributed by atoms with E-state index in [0.717, 1.165) is 44.5 Å². The van der Waals surface area contributed by atoms with Gasteiger partial charge in [0.2, 0.25) is 17.7 Å². The third kappa shape index (κ3) is 34.5. The van der Waals surface area contributed by atoms with Crippen LogP contribution in [0.4, 0.5) is 0 Å². The molecule has 3 N–H and O–H groups in total. The first-order chi connectivity index (χ1) is 54.0. The maximum Gasteiger partial charge on any atom is 0.333 e. The third-order valence-corrected chi connectivity index (χ3v) is 17.2. The number of hydroxylamine groups is 2. The van der Waals surface area contributed by atoms with Crippen molar-refractivity contribution in [3.05, 3.63) is 287 Å². The molecule has 0 atom stereocenters. The molecule has 0 bridgehead atoms. The van der Waals surface area contributed by atoms with Gasteiger partial charge < -0.3 is 77.6 Å². The van der Waals surface area contributed by atoms with E-state index in [1.165, 1.54) is 0 Å². The van der Waals surface area contributed by atoms with Gasteiger partial charge in [-0.1, -0.05) is 243 Å². The second-order valence-electron chi connectivity index (χ2n) is 26.6. The lowest BCUT2D eigenvalue weighted by Gasteiger charge is -2.27. The smallest absolute Gasteiger partial charge is 0.333 e. The predicted molar refractivity (Wildman–Crippen MR) is 409 cm³/mol. The molecule has 23 heteroatoms. The molecule has 1 aliphatic rings. The Balaban J connectivity index is 0.957. The minimum Gasteiger partial charge on any atom is -0.374 e. The van der Waals surface area contributed by atoms with Gasteiger partial charge in [-0.3, -0.25) is 24.0 Å². The van der Waals surface area contributed by atoms with Crippen LogP contribution in [0.2, 0.25) is 0 Å². The molecule has 1 saturated heterocycles. The lowest BCUT2D eigenvalue weighted by molar-refractivity contribution is -0.197. The van der Waals surface area contributed by atoms with Crippen LogP contribution in [0, 0.1) is 0 Å². The molecule has 0 spiro atoms. The summed E-state index contributed by atoms with van der Waals surface area (Å²) in [6.45, 7) is 2.73. The minimum atomic E-state index is -1.24. The van der Waals surface area contributed by atoms with Gasteiger partial charge in [0.15, 0.2) is 0 Å². The van der Waals surface area contributed by atoms with Gasteiger partial charge in [-0.25, -0.2) is 4.79 Å². The van der Waals surface area contributed by atoms with Gasteiger partial charge in [0.25, 0.3) is 11.8 Å². The number of ether oxygens (including phenoxy) is 12. The third-order valence-electron chi connectivity index (χ3n) is 17.2. The fourth-order valence-corrected chi connectivity index (χ4v) is 11.4. The Labute approximate surface area is 644 Å². The highest BCUT2D eigenvalue weighted by Crippen LogP contribution is 2.17. The number of hydrogen-bond donors (Lipinski definition) is 3. The van der Waals surface area contributed by atoms with E-state index >= 15 is 9.59 Å². The average Bonchev–Trinajstić information content (AvgIpc) is 1.72. The van der Waals surface area contributed by atoms with E-state index in [1.807, 2.05) is 243 Å².